The fraction of sp³-hybridized carbons (Fsp3) is 0.636. The summed E-state index contributed by atoms with van der Waals surface area (Å²) in [5, 5.41) is 0.156. The van der Waals surface area contributed by atoms with Gasteiger partial charge in [-0.2, -0.15) is 0 Å². The first-order valence-electron chi connectivity index (χ1n) is 10.4. The second kappa shape index (κ2) is 11.1. The van der Waals surface area contributed by atoms with Crippen LogP contribution in [0.1, 0.15) is 51.4 Å². The molecule has 2 aliphatic rings. The zero-order valence-electron chi connectivity index (χ0n) is 16.7. The molecular weight excluding hydrogens is 390 g/mol. The highest BCUT2D eigenvalue weighted by molar-refractivity contribution is 8.00. The second-order valence-electron chi connectivity index (χ2n) is 7.63. The molecule has 0 aromatic heterocycles. The van der Waals surface area contributed by atoms with Crippen molar-refractivity contribution < 1.29 is 14.3 Å². The Labute approximate surface area is 178 Å². The van der Waals surface area contributed by atoms with Crippen molar-refractivity contribution in [3.63, 3.8) is 0 Å². The Morgan fingerprint density at radius 3 is 2.71 bits per heavy atom. The number of thioether (sulfide) groups is 1. The fourth-order valence-corrected chi connectivity index (χ4v) is 5.64. The lowest BCUT2D eigenvalue weighted by Crippen LogP contribution is -2.38. The Morgan fingerprint density at radius 2 is 1.96 bits per heavy atom. The van der Waals surface area contributed by atoms with Gasteiger partial charge in [0, 0.05) is 18.7 Å². The molecule has 3 rings (SSSR count). The molecule has 28 heavy (non-hydrogen) atoms. The largest absolute Gasteiger partial charge is 0.493 e. The van der Waals surface area contributed by atoms with Crippen LogP contribution in [0.3, 0.4) is 0 Å². The minimum absolute atomic E-state index is 0.156. The summed E-state index contributed by atoms with van der Waals surface area (Å²) in [6.07, 6.45) is 8.72. The van der Waals surface area contributed by atoms with Crippen molar-refractivity contribution in [2.75, 3.05) is 26.0 Å². The lowest BCUT2D eigenvalue weighted by Gasteiger charge is -2.26. The summed E-state index contributed by atoms with van der Waals surface area (Å²) in [6, 6.07) is 7.67. The van der Waals surface area contributed by atoms with Gasteiger partial charge in [-0.3, -0.25) is 4.79 Å². The predicted octanol–water partition coefficient (Wildman–Crippen LogP) is 5.10. The van der Waals surface area contributed by atoms with Gasteiger partial charge in [0.25, 0.3) is 0 Å². The standard InChI is InChI=1S/C22H31NO3S2/c1-25-19-9-5-6-10-20(19)26-16-22-23(13-14-28-22)21(27)15-18(24)12-11-17-7-3-2-4-8-17/h5-6,9-10,17,22H,2-4,7-8,11-16H2,1H3. The molecule has 0 bridgehead atoms. The van der Waals surface area contributed by atoms with Crippen LogP contribution in [0.4, 0.5) is 0 Å². The number of nitrogens with zero attached hydrogens (tertiary/aromatic N) is 1. The van der Waals surface area contributed by atoms with Crippen LogP contribution in [0, 0.1) is 5.92 Å². The Morgan fingerprint density at radius 1 is 1.21 bits per heavy atom. The van der Waals surface area contributed by atoms with Crippen molar-refractivity contribution in [1.29, 1.82) is 0 Å². The number of carbonyl (C=O) groups is 1. The summed E-state index contributed by atoms with van der Waals surface area (Å²) in [6.45, 7) is 1.42. The smallest absolute Gasteiger partial charge is 0.161 e. The van der Waals surface area contributed by atoms with Crippen LogP contribution in [0.2, 0.25) is 0 Å². The lowest BCUT2D eigenvalue weighted by atomic mass is 9.85. The van der Waals surface area contributed by atoms with Gasteiger partial charge >= 0.3 is 0 Å². The number of thiocarbonyl (C=S) groups is 1. The topological polar surface area (TPSA) is 38.8 Å². The summed E-state index contributed by atoms with van der Waals surface area (Å²) >= 11 is 7.46. The van der Waals surface area contributed by atoms with Gasteiger partial charge in [0.1, 0.15) is 17.8 Å². The van der Waals surface area contributed by atoms with Crippen LogP contribution in [0.15, 0.2) is 24.3 Å². The van der Waals surface area contributed by atoms with Crippen LogP contribution in [-0.4, -0.2) is 47.1 Å². The highest BCUT2D eigenvalue weighted by Crippen LogP contribution is 2.30. The van der Waals surface area contributed by atoms with E-state index in [0.717, 1.165) is 41.1 Å². The number of carbonyl (C=O) groups excluding carboxylic acids is 1. The third-order valence-corrected chi connectivity index (χ3v) is 7.24. The van der Waals surface area contributed by atoms with E-state index in [1.54, 1.807) is 7.11 Å². The molecular formula is C22H31NO3S2. The van der Waals surface area contributed by atoms with Gasteiger partial charge in [0.15, 0.2) is 11.5 Å². The first-order valence-corrected chi connectivity index (χ1v) is 11.8. The predicted molar refractivity (Wildman–Crippen MR) is 119 cm³/mol. The molecule has 1 atom stereocenters. The lowest BCUT2D eigenvalue weighted by molar-refractivity contribution is -0.118. The van der Waals surface area contributed by atoms with Crippen LogP contribution < -0.4 is 9.47 Å². The van der Waals surface area contributed by atoms with E-state index in [1.807, 2.05) is 36.0 Å². The summed E-state index contributed by atoms with van der Waals surface area (Å²) in [5.41, 5.74) is 0. The number of ether oxygens (including phenoxy) is 2. The van der Waals surface area contributed by atoms with Gasteiger partial charge in [0.2, 0.25) is 0 Å². The Balaban J connectivity index is 1.45. The normalized spacial score (nSPS) is 20.2. The quantitative estimate of drug-likeness (QED) is 0.517. The summed E-state index contributed by atoms with van der Waals surface area (Å²) in [7, 11) is 1.65. The van der Waals surface area contributed by atoms with Crippen molar-refractivity contribution >= 4 is 34.8 Å². The van der Waals surface area contributed by atoms with Crippen molar-refractivity contribution in [2.24, 2.45) is 5.92 Å². The first-order chi connectivity index (χ1) is 13.7. The van der Waals surface area contributed by atoms with Crippen molar-refractivity contribution in [3.05, 3.63) is 24.3 Å². The molecule has 0 spiro atoms. The van der Waals surface area contributed by atoms with Gasteiger partial charge in [-0.25, -0.2) is 0 Å². The molecule has 1 saturated carbocycles. The molecule has 1 saturated heterocycles. The van der Waals surface area contributed by atoms with Gasteiger partial charge in [-0.1, -0.05) is 56.5 Å². The number of para-hydroxylation sites is 2. The van der Waals surface area contributed by atoms with E-state index in [2.05, 4.69) is 4.90 Å². The molecule has 1 aliphatic heterocycles. The third kappa shape index (κ3) is 6.11. The zero-order valence-corrected chi connectivity index (χ0v) is 18.4. The van der Waals surface area contributed by atoms with E-state index >= 15 is 0 Å². The molecule has 2 fully saturated rings. The van der Waals surface area contributed by atoms with E-state index in [1.165, 1.54) is 32.1 Å². The Kier molecular flexibility index (Phi) is 8.46. The molecule has 1 aromatic rings. The molecule has 4 nitrogen and oxygen atoms in total. The fourth-order valence-electron chi connectivity index (χ4n) is 4.04. The van der Waals surface area contributed by atoms with Gasteiger partial charge in [-0.15, -0.1) is 11.8 Å². The molecule has 1 aromatic carbocycles. The zero-order chi connectivity index (χ0) is 19.8. The average molecular weight is 422 g/mol. The maximum absolute atomic E-state index is 12.5. The van der Waals surface area contributed by atoms with Crippen LogP contribution >= 0.6 is 24.0 Å². The highest BCUT2D eigenvalue weighted by Gasteiger charge is 2.29. The Hall–Kier alpha value is -1.27. The molecule has 0 amide bonds. The first kappa shape index (κ1) is 21.4. The molecule has 1 aliphatic carbocycles. The molecule has 0 radical (unpaired) electrons. The van der Waals surface area contributed by atoms with Crippen molar-refractivity contribution in [3.8, 4) is 11.5 Å². The van der Waals surface area contributed by atoms with E-state index < -0.39 is 0 Å². The molecule has 154 valence electrons. The SMILES string of the molecule is COc1ccccc1OCC1SCCN1C(=S)CC(=O)CCC1CCCCC1. The molecule has 0 N–H and O–H groups in total. The van der Waals surface area contributed by atoms with Crippen LogP contribution in [0.25, 0.3) is 0 Å². The van der Waals surface area contributed by atoms with Gasteiger partial charge in [0.05, 0.1) is 18.5 Å². The second-order valence-corrected chi connectivity index (χ2v) is 9.39. The summed E-state index contributed by atoms with van der Waals surface area (Å²) in [4.78, 5) is 15.4. The average Bonchev–Trinajstić information content (AvgIpc) is 3.20. The number of hydrogen-bond acceptors (Lipinski definition) is 5. The van der Waals surface area contributed by atoms with E-state index in [0.29, 0.717) is 19.4 Å². The van der Waals surface area contributed by atoms with E-state index in [-0.39, 0.29) is 11.2 Å². The Bertz CT molecular complexity index is 661. The highest BCUT2D eigenvalue weighted by atomic mass is 32.2. The number of benzene rings is 1. The summed E-state index contributed by atoms with van der Waals surface area (Å²) < 4.78 is 11.3. The summed E-state index contributed by atoms with van der Waals surface area (Å²) in [5.74, 6) is 3.52. The third-order valence-electron chi connectivity index (χ3n) is 5.67. The number of Topliss-reactive ketones (excluding diaryl/α,β-unsaturated/α-hetero) is 1. The van der Waals surface area contributed by atoms with Crippen LogP contribution in [0.5, 0.6) is 11.5 Å². The number of ketones is 1. The van der Waals surface area contributed by atoms with Crippen molar-refractivity contribution in [1.82, 2.24) is 4.90 Å². The van der Waals surface area contributed by atoms with E-state index in [9.17, 15) is 4.79 Å². The number of hydrogen-bond donors (Lipinski definition) is 0. The van der Waals surface area contributed by atoms with Crippen molar-refractivity contribution in [2.45, 2.75) is 56.7 Å². The van der Waals surface area contributed by atoms with Crippen LogP contribution in [-0.2, 0) is 4.79 Å². The maximum Gasteiger partial charge on any atom is 0.161 e. The van der Waals surface area contributed by atoms with E-state index in [4.69, 9.17) is 21.7 Å². The minimum Gasteiger partial charge on any atom is -0.493 e. The molecule has 6 heteroatoms. The molecule has 1 heterocycles. The number of methoxy groups -OCH3 is 1. The number of rotatable bonds is 9. The maximum atomic E-state index is 12.5. The minimum atomic E-state index is 0.156. The van der Waals surface area contributed by atoms with Gasteiger partial charge in [-0.05, 0) is 24.5 Å². The molecule has 1 unspecified atom stereocenters. The van der Waals surface area contributed by atoms with Gasteiger partial charge < -0.3 is 14.4 Å². The monoisotopic (exact) mass is 421 g/mol.